The van der Waals surface area contributed by atoms with Crippen molar-refractivity contribution >= 4 is 29.9 Å². The molecule has 27 heavy (non-hydrogen) atoms. The highest BCUT2D eigenvalue weighted by molar-refractivity contribution is 6.00. The first-order valence-electron chi connectivity index (χ1n) is 8.68. The average Bonchev–Trinajstić information content (AvgIpc) is 3.29. The number of benzene rings is 1. The largest absolute Gasteiger partial charge is 0.493 e. The van der Waals surface area contributed by atoms with Gasteiger partial charge in [-0.2, -0.15) is 0 Å². The van der Waals surface area contributed by atoms with Crippen molar-refractivity contribution in [3.8, 4) is 17.2 Å². The highest BCUT2D eigenvalue weighted by Crippen LogP contribution is 2.42. The Morgan fingerprint density at radius 1 is 1.19 bits per heavy atom. The van der Waals surface area contributed by atoms with Crippen molar-refractivity contribution < 1.29 is 23.8 Å². The number of carbonyl (C=O) groups is 2. The van der Waals surface area contributed by atoms with Crippen LogP contribution in [-0.4, -0.2) is 58.8 Å². The number of rotatable bonds is 6. The molecular formula is C18H26ClN3O5. The van der Waals surface area contributed by atoms with Crippen molar-refractivity contribution in [2.75, 3.05) is 45.9 Å². The summed E-state index contributed by atoms with van der Waals surface area (Å²) in [5.74, 6) is 0.890. The number of halogens is 1. The van der Waals surface area contributed by atoms with E-state index in [0.29, 0.717) is 29.5 Å². The predicted molar refractivity (Wildman–Crippen MR) is 103 cm³/mol. The van der Waals surface area contributed by atoms with Crippen molar-refractivity contribution in [2.45, 2.75) is 18.9 Å². The molecule has 2 aliphatic heterocycles. The van der Waals surface area contributed by atoms with E-state index in [0.717, 1.165) is 19.5 Å². The maximum absolute atomic E-state index is 12.5. The van der Waals surface area contributed by atoms with Crippen LogP contribution in [0.3, 0.4) is 0 Å². The molecule has 0 aliphatic carbocycles. The monoisotopic (exact) mass is 399 g/mol. The molecule has 3 rings (SSSR count). The minimum Gasteiger partial charge on any atom is -0.493 e. The fourth-order valence-electron chi connectivity index (χ4n) is 3.45. The number of nitrogens with one attached hydrogen (secondary N) is 2. The maximum atomic E-state index is 12.5. The summed E-state index contributed by atoms with van der Waals surface area (Å²) in [5, 5.41) is 6.24. The lowest BCUT2D eigenvalue weighted by molar-refractivity contribution is -0.126. The zero-order valence-electron chi connectivity index (χ0n) is 15.7. The summed E-state index contributed by atoms with van der Waals surface area (Å²) in [5.41, 5.74) is 0.627. The fourth-order valence-corrected chi connectivity index (χ4v) is 3.45. The number of carbonyl (C=O) groups excluding carboxylic acids is 2. The standard InChI is InChI=1S/C18H25N3O5.ClH/c1-24-14-7-13(8-15(25-2)17(14)26-3)21-10-11(6-16(21)22)18(23)20-12-4-5-19-9-12;/h7-8,11-12,19H,4-6,9-10H2,1-3H3,(H,20,23);1H. The normalized spacial score (nSPS) is 21.6. The van der Waals surface area contributed by atoms with Gasteiger partial charge >= 0.3 is 0 Å². The fraction of sp³-hybridized carbons (Fsp3) is 0.556. The van der Waals surface area contributed by atoms with E-state index in [1.807, 2.05) is 0 Å². The molecular weight excluding hydrogens is 374 g/mol. The molecule has 2 unspecified atom stereocenters. The molecule has 1 aromatic rings. The van der Waals surface area contributed by atoms with Gasteiger partial charge in [-0.1, -0.05) is 0 Å². The van der Waals surface area contributed by atoms with E-state index in [2.05, 4.69) is 10.6 Å². The van der Waals surface area contributed by atoms with E-state index >= 15 is 0 Å². The molecule has 2 amide bonds. The SMILES string of the molecule is COc1cc(N2CC(C(=O)NC3CCNC3)CC2=O)cc(OC)c1OC.Cl. The first kappa shape index (κ1) is 21.1. The predicted octanol–water partition coefficient (Wildman–Crippen LogP) is 0.965. The molecule has 2 aliphatic rings. The van der Waals surface area contributed by atoms with Crippen molar-refractivity contribution in [1.29, 1.82) is 0 Å². The van der Waals surface area contributed by atoms with Gasteiger partial charge < -0.3 is 29.7 Å². The van der Waals surface area contributed by atoms with Crippen molar-refractivity contribution in [3.05, 3.63) is 12.1 Å². The van der Waals surface area contributed by atoms with Crippen LogP contribution in [0.2, 0.25) is 0 Å². The summed E-state index contributed by atoms with van der Waals surface area (Å²) >= 11 is 0. The summed E-state index contributed by atoms with van der Waals surface area (Å²) in [7, 11) is 4.58. The van der Waals surface area contributed by atoms with Crippen LogP contribution in [-0.2, 0) is 9.59 Å². The maximum Gasteiger partial charge on any atom is 0.227 e. The van der Waals surface area contributed by atoms with Crippen molar-refractivity contribution in [2.24, 2.45) is 5.92 Å². The van der Waals surface area contributed by atoms with Gasteiger partial charge in [0.1, 0.15) is 0 Å². The Balaban J connectivity index is 0.00000261. The van der Waals surface area contributed by atoms with Gasteiger partial charge in [0.05, 0.1) is 32.9 Å². The zero-order chi connectivity index (χ0) is 18.7. The Morgan fingerprint density at radius 2 is 1.85 bits per heavy atom. The summed E-state index contributed by atoms with van der Waals surface area (Å²) in [6.45, 7) is 2.03. The molecule has 9 heteroatoms. The lowest BCUT2D eigenvalue weighted by atomic mass is 10.1. The van der Waals surface area contributed by atoms with Gasteiger partial charge in [0.15, 0.2) is 11.5 Å². The molecule has 0 saturated carbocycles. The smallest absolute Gasteiger partial charge is 0.227 e. The van der Waals surface area contributed by atoms with Crippen LogP contribution in [0.5, 0.6) is 17.2 Å². The molecule has 0 radical (unpaired) electrons. The van der Waals surface area contributed by atoms with Crippen molar-refractivity contribution in [3.63, 3.8) is 0 Å². The molecule has 0 bridgehead atoms. The third-order valence-corrected chi connectivity index (χ3v) is 4.86. The molecule has 1 aromatic carbocycles. The number of hydrogen-bond donors (Lipinski definition) is 2. The van der Waals surface area contributed by atoms with E-state index in [1.165, 1.54) is 21.3 Å². The first-order valence-corrected chi connectivity index (χ1v) is 8.68. The van der Waals surface area contributed by atoms with E-state index in [9.17, 15) is 9.59 Å². The van der Waals surface area contributed by atoms with E-state index in [-0.39, 0.29) is 42.6 Å². The van der Waals surface area contributed by atoms with Crippen molar-refractivity contribution in [1.82, 2.24) is 10.6 Å². The van der Waals surface area contributed by atoms with Crippen LogP contribution in [0.15, 0.2) is 12.1 Å². The number of anilines is 1. The van der Waals surface area contributed by atoms with Gasteiger partial charge in [0, 0.05) is 37.7 Å². The Kier molecular flexibility index (Phi) is 7.15. The number of methoxy groups -OCH3 is 3. The molecule has 8 nitrogen and oxygen atoms in total. The van der Waals surface area contributed by atoms with Crippen LogP contribution >= 0.6 is 12.4 Å². The molecule has 2 atom stereocenters. The van der Waals surface area contributed by atoms with Gasteiger partial charge in [-0.05, 0) is 13.0 Å². The lowest BCUT2D eigenvalue weighted by Gasteiger charge is -2.21. The van der Waals surface area contributed by atoms with Crippen LogP contribution in [0, 0.1) is 5.92 Å². The summed E-state index contributed by atoms with van der Waals surface area (Å²) in [6.07, 6.45) is 1.12. The highest BCUT2D eigenvalue weighted by atomic mass is 35.5. The molecule has 2 N–H and O–H groups in total. The third-order valence-electron chi connectivity index (χ3n) is 4.86. The summed E-state index contributed by atoms with van der Waals surface area (Å²) in [4.78, 5) is 26.6. The molecule has 150 valence electrons. The first-order chi connectivity index (χ1) is 12.6. The molecule has 2 fully saturated rings. The Hall–Kier alpha value is -2.19. The second-order valence-corrected chi connectivity index (χ2v) is 6.49. The van der Waals surface area contributed by atoms with E-state index < -0.39 is 0 Å². The highest BCUT2D eigenvalue weighted by Gasteiger charge is 2.36. The molecule has 0 spiro atoms. The second-order valence-electron chi connectivity index (χ2n) is 6.49. The second kappa shape index (κ2) is 9.14. The third kappa shape index (κ3) is 4.39. The van der Waals surface area contributed by atoms with E-state index in [1.54, 1.807) is 17.0 Å². The Morgan fingerprint density at radius 3 is 2.37 bits per heavy atom. The number of hydrogen-bond acceptors (Lipinski definition) is 6. The van der Waals surface area contributed by atoms with Crippen LogP contribution in [0.1, 0.15) is 12.8 Å². The minimum atomic E-state index is -0.359. The average molecular weight is 400 g/mol. The summed E-state index contributed by atoms with van der Waals surface area (Å²) < 4.78 is 16.0. The van der Waals surface area contributed by atoms with Gasteiger partial charge in [0.25, 0.3) is 0 Å². The van der Waals surface area contributed by atoms with Gasteiger partial charge in [-0.25, -0.2) is 0 Å². The molecule has 0 aromatic heterocycles. The van der Waals surface area contributed by atoms with Crippen LogP contribution in [0.4, 0.5) is 5.69 Å². The van der Waals surface area contributed by atoms with E-state index in [4.69, 9.17) is 14.2 Å². The lowest BCUT2D eigenvalue weighted by Crippen LogP contribution is -2.40. The quantitative estimate of drug-likeness (QED) is 0.740. The van der Waals surface area contributed by atoms with Gasteiger partial charge in [-0.15, -0.1) is 12.4 Å². The van der Waals surface area contributed by atoms with Crippen LogP contribution < -0.4 is 29.7 Å². The molecule has 2 saturated heterocycles. The van der Waals surface area contributed by atoms with Gasteiger partial charge in [-0.3, -0.25) is 9.59 Å². The minimum absolute atomic E-state index is 0. The Bertz CT molecular complexity index is 669. The number of amides is 2. The van der Waals surface area contributed by atoms with Crippen LogP contribution in [0.25, 0.3) is 0 Å². The Labute approximate surface area is 164 Å². The number of ether oxygens (including phenoxy) is 3. The molecule has 2 heterocycles. The topological polar surface area (TPSA) is 89.1 Å². The number of nitrogens with zero attached hydrogens (tertiary/aromatic N) is 1. The zero-order valence-corrected chi connectivity index (χ0v) is 16.6. The summed E-state index contributed by atoms with van der Waals surface area (Å²) in [6, 6.07) is 3.59. The van der Waals surface area contributed by atoms with Gasteiger partial charge in [0.2, 0.25) is 17.6 Å².